The van der Waals surface area contributed by atoms with Gasteiger partial charge in [0, 0.05) is 19.3 Å². The Balaban J connectivity index is -0.000000534. The second-order valence-electron chi connectivity index (χ2n) is 10.6. The predicted molar refractivity (Wildman–Crippen MR) is 175 cm³/mol. The molecule has 0 aliphatic carbocycles. The molecular formula is C33H57N3O9. The first kappa shape index (κ1) is 45.5. The highest BCUT2D eigenvalue weighted by Crippen LogP contribution is 2.11. The molecule has 12 nitrogen and oxygen atoms in total. The number of nitrogens with two attached hydrogens (primary N) is 3. The Bertz CT molecular complexity index is 862. The molecule has 258 valence electrons. The van der Waals surface area contributed by atoms with Crippen LogP contribution in [0, 0.1) is 0 Å². The molecule has 12 heteroatoms. The lowest BCUT2D eigenvalue weighted by atomic mass is 10.1. The van der Waals surface area contributed by atoms with Gasteiger partial charge in [-0.15, -0.1) is 0 Å². The molecule has 1 aromatic rings. The number of primary amides is 3. The van der Waals surface area contributed by atoms with Crippen LogP contribution in [0.15, 0.2) is 18.2 Å². The van der Waals surface area contributed by atoms with E-state index in [1.165, 1.54) is 57.8 Å². The van der Waals surface area contributed by atoms with Crippen LogP contribution in [0.3, 0.4) is 0 Å². The van der Waals surface area contributed by atoms with E-state index in [-0.39, 0.29) is 34.4 Å². The molecular weight excluding hydrogens is 582 g/mol. The van der Waals surface area contributed by atoms with E-state index in [0.29, 0.717) is 19.3 Å². The van der Waals surface area contributed by atoms with E-state index in [9.17, 15) is 28.8 Å². The predicted octanol–water partition coefficient (Wildman–Crippen LogP) is 6.28. The van der Waals surface area contributed by atoms with Crippen molar-refractivity contribution in [1.29, 1.82) is 0 Å². The fourth-order valence-electron chi connectivity index (χ4n) is 3.71. The first-order valence-corrected chi connectivity index (χ1v) is 15.9. The molecule has 0 bridgehead atoms. The Morgan fingerprint density at radius 1 is 0.422 bits per heavy atom. The topological polar surface area (TPSA) is 241 Å². The number of amides is 3. The first-order valence-electron chi connectivity index (χ1n) is 15.9. The number of hydrogen-bond acceptors (Lipinski definition) is 6. The second kappa shape index (κ2) is 31.5. The van der Waals surface area contributed by atoms with E-state index in [4.69, 9.17) is 32.5 Å². The van der Waals surface area contributed by atoms with Gasteiger partial charge in [-0.1, -0.05) is 97.8 Å². The normalized spacial score (nSPS) is 9.67. The Labute approximate surface area is 268 Å². The van der Waals surface area contributed by atoms with Crippen molar-refractivity contribution in [1.82, 2.24) is 0 Å². The monoisotopic (exact) mass is 639 g/mol. The average Bonchev–Trinajstić information content (AvgIpc) is 2.97. The maximum absolute atomic E-state index is 10.6. The molecule has 45 heavy (non-hydrogen) atoms. The number of carboxylic acids is 3. The van der Waals surface area contributed by atoms with Crippen molar-refractivity contribution in [2.24, 2.45) is 17.2 Å². The van der Waals surface area contributed by atoms with Crippen LogP contribution in [0.1, 0.15) is 167 Å². The Morgan fingerprint density at radius 2 is 0.622 bits per heavy atom. The third kappa shape index (κ3) is 34.4. The van der Waals surface area contributed by atoms with Crippen LogP contribution in [0.2, 0.25) is 0 Å². The van der Waals surface area contributed by atoms with Gasteiger partial charge in [0.05, 0.1) is 16.7 Å². The van der Waals surface area contributed by atoms with Crippen LogP contribution < -0.4 is 17.2 Å². The SMILES string of the molecule is CCCCCCCC(N)=O.CCCCCCCC(N)=O.CCCCCCCC(N)=O.O=C(O)c1cc(C(=O)O)cc(C(=O)O)c1. The number of carboxylic acid groups (broad SMARTS) is 3. The van der Waals surface area contributed by atoms with Gasteiger partial charge in [-0.25, -0.2) is 14.4 Å². The van der Waals surface area contributed by atoms with Crippen molar-refractivity contribution >= 4 is 35.6 Å². The summed E-state index contributed by atoms with van der Waals surface area (Å²) in [7, 11) is 0. The van der Waals surface area contributed by atoms with E-state index < -0.39 is 17.9 Å². The summed E-state index contributed by atoms with van der Waals surface area (Å²) < 4.78 is 0. The summed E-state index contributed by atoms with van der Waals surface area (Å²) in [5.41, 5.74) is 13.8. The highest BCUT2D eigenvalue weighted by molar-refractivity contribution is 5.98. The molecule has 0 aromatic heterocycles. The lowest BCUT2D eigenvalue weighted by Crippen LogP contribution is -2.09. The molecule has 1 aromatic carbocycles. The minimum Gasteiger partial charge on any atom is -0.478 e. The van der Waals surface area contributed by atoms with Gasteiger partial charge in [-0.2, -0.15) is 0 Å². The largest absolute Gasteiger partial charge is 0.478 e. The van der Waals surface area contributed by atoms with Gasteiger partial charge in [0.15, 0.2) is 0 Å². The summed E-state index contributed by atoms with van der Waals surface area (Å²) >= 11 is 0. The molecule has 3 amide bonds. The average molecular weight is 640 g/mol. The van der Waals surface area contributed by atoms with Crippen LogP contribution in [0.5, 0.6) is 0 Å². The molecule has 0 heterocycles. The van der Waals surface area contributed by atoms with Gasteiger partial charge in [0.1, 0.15) is 0 Å². The number of benzene rings is 1. The van der Waals surface area contributed by atoms with E-state index in [2.05, 4.69) is 20.8 Å². The van der Waals surface area contributed by atoms with E-state index >= 15 is 0 Å². The maximum atomic E-state index is 10.6. The van der Waals surface area contributed by atoms with Gasteiger partial charge < -0.3 is 32.5 Å². The van der Waals surface area contributed by atoms with Crippen LogP contribution in [0.4, 0.5) is 0 Å². The van der Waals surface area contributed by atoms with Crippen molar-refractivity contribution in [2.45, 2.75) is 136 Å². The summed E-state index contributed by atoms with van der Waals surface area (Å²) in [6.07, 6.45) is 19.3. The van der Waals surface area contributed by atoms with E-state index in [0.717, 1.165) is 56.7 Å². The molecule has 9 N–H and O–H groups in total. The highest BCUT2D eigenvalue weighted by Gasteiger charge is 2.14. The first-order chi connectivity index (χ1) is 21.2. The molecule has 0 aliphatic heterocycles. The molecule has 0 saturated carbocycles. The molecule has 0 saturated heterocycles. The molecule has 0 radical (unpaired) electrons. The second-order valence-corrected chi connectivity index (χ2v) is 10.6. The minimum atomic E-state index is -1.37. The lowest BCUT2D eigenvalue weighted by molar-refractivity contribution is -0.119. The van der Waals surface area contributed by atoms with E-state index in [1.807, 2.05) is 0 Å². The van der Waals surface area contributed by atoms with Gasteiger partial charge in [-0.05, 0) is 37.5 Å². The lowest BCUT2D eigenvalue weighted by Gasteiger charge is -2.00. The highest BCUT2D eigenvalue weighted by atomic mass is 16.4. The van der Waals surface area contributed by atoms with Crippen molar-refractivity contribution in [3.8, 4) is 0 Å². The zero-order chi connectivity index (χ0) is 35.0. The zero-order valence-corrected chi connectivity index (χ0v) is 27.5. The Morgan fingerprint density at radius 3 is 0.778 bits per heavy atom. The zero-order valence-electron chi connectivity index (χ0n) is 27.5. The van der Waals surface area contributed by atoms with Gasteiger partial charge >= 0.3 is 17.9 Å². The summed E-state index contributed by atoms with van der Waals surface area (Å²) in [5.74, 6) is -4.63. The van der Waals surface area contributed by atoms with Crippen LogP contribution in [-0.2, 0) is 14.4 Å². The third-order valence-corrected chi connectivity index (χ3v) is 6.25. The van der Waals surface area contributed by atoms with Gasteiger partial charge in [0.2, 0.25) is 17.7 Å². The fraction of sp³-hybridized carbons (Fsp3) is 0.636. The van der Waals surface area contributed by atoms with Crippen molar-refractivity contribution < 1.29 is 44.1 Å². The molecule has 1 rings (SSSR count). The molecule has 0 atom stereocenters. The molecule has 0 unspecified atom stereocenters. The molecule has 0 fully saturated rings. The Hall–Kier alpha value is -3.96. The summed E-state index contributed by atoms with van der Waals surface area (Å²) in [4.78, 5) is 62.5. The van der Waals surface area contributed by atoms with Crippen LogP contribution in [-0.4, -0.2) is 50.9 Å². The van der Waals surface area contributed by atoms with Crippen molar-refractivity contribution in [2.75, 3.05) is 0 Å². The van der Waals surface area contributed by atoms with E-state index in [1.54, 1.807) is 0 Å². The van der Waals surface area contributed by atoms with Crippen molar-refractivity contribution in [3.05, 3.63) is 34.9 Å². The number of carbonyl (C=O) groups excluding carboxylic acids is 3. The summed E-state index contributed by atoms with van der Waals surface area (Å²) in [5, 5.41) is 25.8. The van der Waals surface area contributed by atoms with Gasteiger partial charge in [0.25, 0.3) is 0 Å². The smallest absolute Gasteiger partial charge is 0.335 e. The Kier molecular flexibility index (Phi) is 31.8. The number of aromatic carboxylic acids is 3. The quantitative estimate of drug-likeness (QED) is 0.0828. The third-order valence-electron chi connectivity index (χ3n) is 6.25. The maximum Gasteiger partial charge on any atom is 0.335 e. The van der Waals surface area contributed by atoms with Crippen LogP contribution >= 0.6 is 0 Å². The standard InChI is InChI=1S/C9H6O6.3C8H17NO/c10-7(11)4-1-5(8(12)13)3-6(2-4)9(14)15;3*1-2-3-4-5-6-7-8(9)10/h1-3H,(H,10,11)(H,12,13)(H,14,15);3*2-7H2,1H3,(H2,9,10). The summed E-state index contributed by atoms with van der Waals surface area (Å²) in [6.45, 7) is 6.52. The summed E-state index contributed by atoms with van der Waals surface area (Å²) in [6, 6.07) is 2.70. The number of hydrogen-bond donors (Lipinski definition) is 6. The van der Waals surface area contributed by atoms with Crippen molar-refractivity contribution in [3.63, 3.8) is 0 Å². The van der Waals surface area contributed by atoms with Gasteiger partial charge in [-0.3, -0.25) is 14.4 Å². The number of carbonyl (C=O) groups is 6. The minimum absolute atomic E-state index is 0.170. The number of unbranched alkanes of at least 4 members (excludes halogenated alkanes) is 12. The molecule has 0 aliphatic rings. The number of rotatable bonds is 21. The fourth-order valence-corrected chi connectivity index (χ4v) is 3.71. The molecule has 0 spiro atoms. The van der Waals surface area contributed by atoms with Crippen LogP contribution in [0.25, 0.3) is 0 Å².